The number of hydrogen-bond acceptors (Lipinski definition) is 3. The summed E-state index contributed by atoms with van der Waals surface area (Å²) in [6.07, 6.45) is 3.73. The van der Waals surface area contributed by atoms with Crippen molar-refractivity contribution in [1.82, 2.24) is 5.32 Å². The van der Waals surface area contributed by atoms with Crippen LogP contribution in [0, 0.1) is 0 Å². The Kier molecular flexibility index (Phi) is 5.52. The molecular formula is C15H23BrN2O. The van der Waals surface area contributed by atoms with Crippen molar-refractivity contribution in [2.24, 2.45) is 0 Å². The second-order valence-electron chi connectivity index (χ2n) is 5.06. The van der Waals surface area contributed by atoms with Crippen molar-refractivity contribution in [2.75, 3.05) is 31.6 Å². The highest BCUT2D eigenvalue weighted by Gasteiger charge is 2.20. The minimum Gasteiger partial charge on any atom is -0.495 e. The van der Waals surface area contributed by atoms with Crippen LogP contribution >= 0.6 is 15.9 Å². The average molecular weight is 327 g/mol. The third kappa shape index (κ3) is 3.86. The molecule has 1 aromatic rings. The van der Waals surface area contributed by atoms with Crippen molar-refractivity contribution in [3.8, 4) is 5.75 Å². The van der Waals surface area contributed by atoms with Crippen LogP contribution in [0.4, 0.5) is 5.69 Å². The van der Waals surface area contributed by atoms with E-state index in [1.165, 1.54) is 24.9 Å². The van der Waals surface area contributed by atoms with Crippen molar-refractivity contribution >= 4 is 21.6 Å². The monoisotopic (exact) mass is 326 g/mol. The summed E-state index contributed by atoms with van der Waals surface area (Å²) >= 11 is 3.50. The molecule has 1 atom stereocenters. The molecule has 1 unspecified atom stereocenters. The van der Waals surface area contributed by atoms with E-state index in [2.05, 4.69) is 51.3 Å². The van der Waals surface area contributed by atoms with Gasteiger partial charge in [0.25, 0.3) is 0 Å². The first-order valence-electron chi connectivity index (χ1n) is 7.06. The fraction of sp³-hybridized carbons (Fsp3) is 0.600. The molecule has 1 heterocycles. The van der Waals surface area contributed by atoms with Crippen LogP contribution in [-0.2, 0) is 0 Å². The number of nitrogens with zero attached hydrogens (tertiary/aromatic N) is 1. The first-order chi connectivity index (χ1) is 9.24. The van der Waals surface area contributed by atoms with Crippen molar-refractivity contribution < 1.29 is 4.74 Å². The Hall–Kier alpha value is -0.740. The van der Waals surface area contributed by atoms with Crippen molar-refractivity contribution in [3.63, 3.8) is 0 Å². The number of ether oxygens (including phenoxy) is 1. The zero-order valence-electron chi connectivity index (χ0n) is 11.8. The molecule has 0 aromatic heterocycles. The molecule has 0 saturated carbocycles. The summed E-state index contributed by atoms with van der Waals surface area (Å²) in [5.74, 6) is 0.904. The van der Waals surface area contributed by atoms with E-state index in [1.54, 1.807) is 7.11 Å². The number of rotatable bonds is 5. The number of piperidine rings is 1. The fourth-order valence-electron chi connectivity index (χ4n) is 2.57. The van der Waals surface area contributed by atoms with E-state index >= 15 is 0 Å². The van der Waals surface area contributed by atoms with Gasteiger partial charge in [-0.05, 0) is 53.9 Å². The number of halogens is 1. The van der Waals surface area contributed by atoms with Crippen LogP contribution in [0.1, 0.15) is 26.2 Å². The van der Waals surface area contributed by atoms with Gasteiger partial charge < -0.3 is 15.0 Å². The summed E-state index contributed by atoms with van der Waals surface area (Å²) in [7, 11) is 1.71. The van der Waals surface area contributed by atoms with E-state index in [0.29, 0.717) is 6.04 Å². The molecular weight excluding hydrogens is 304 g/mol. The average Bonchev–Trinajstić information content (AvgIpc) is 2.46. The lowest BCUT2D eigenvalue weighted by molar-refractivity contribution is 0.409. The lowest BCUT2D eigenvalue weighted by Gasteiger charge is -2.35. The predicted molar refractivity (Wildman–Crippen MR) is 84.2 cm³/mol. The third-order valence-electron chi connectivity index (χ3n) is 3.60. The highest BCUT2D eigenvalue weighted by molar-refractivity contribution is 9.10. The third-order valence-corrected chi connectivity index (χ3v) is 4.26. The maximum Gasteiger partial charge on any atom is 0.135 e. The van der Waals surface area contributed by atoms with E-state index in [1.807, 2.05) is 0 Å². The van der Waals surface area contributed by atoms with Gasteiger partial charge in [-0.1, -0.05) is 6.92 Å². The molecule has 19 heavy (non-hydrogen) atoms. The summed E-state index contributed by atoms with van der Waals surface area (Å²) in [5, 5.41) is 3.63. The number of anilines is 1. The second-order valence-corrected chi connectivity index (χ2v) is 5.91. The lowest BCUT2D eigenvalue weighted by Crippen LogP contribution is -2.46. The molecule has 0 radical (unpaired) electrons. The van der Waals surface area contributed by atoms with Gasteiger partial charge in [0, 0.05) is 30.9 Å². The zero-order chi connectivity index (χ0) is 13.7. The first-order valence-corrected chi connectivity index (χ1v) is 7.85. The highest BCUT2D eigenvalue weighted by atomic mass is 79.9. The van der Waals surface area contributed by atoms with Gasteiger partial charge in [-0.2, -0.15) is 0 Å². The van der Waals surface area contributed by atoms with Gasteiger partial charge in [-0.25, -0.2) is 0 Å². The SMILES string of the molecule is CCCNC1CCCN(c2ccc(Br)c(OC)c2)C1. The van der Waals surface area contributed by atoms with Gasteiger partial charge in [0.2, 0.25) is 0 Å². The Morgan fingerprint density at radius 2 is 2.32 bits per heavy atom. The van der Waals surface area contributed by atoms with E-state index in [-0.39, 0.29) is 0 Å². The summed E-state index contributed by atoms with van der Waals surface area (Å²) in [6, 6.07) is 6.96. The van der Waals surface area contributed by atoms with Crippen molar-refractivity contribution in [3.05, 3.63) is 22.7 Å². The Bertz CT molecular complexity index is 411. The summed E-state index contributed by atoms with van der Waals surface area (Å²) in [6.45, 7) is 5.55. The van der Waals surface area contributed by atoms with Crippen LogP contribution in [0.5, 0.6) is 5.75 Å². The predicted octanol–water partition coefficient (Wildman–Crippen LogP) is 3.43. The normalized spacial score (nSPS) is 19.5. The van der Waals surface area contributed by atoms with E-state index in [0.717, 1.165) is 29.9 Å². The Morgan fingerprint density at radius 3 is 3.05 bits per heavy atom. The van der Waals surface area contributed by atoms with Gasteiger partial charge in [-0.3, -0.25) is 0 Å². The van der Waals surface area contributed by atoms with Crippen LogP contribution in [0.25, 0.3) is 0 Å². The van der Waals surface area contributed by atoms with Gasteiger partial charge in [0.05, 0.1) is 11.6 Å². The van der Waals surface area contributed by atoms with Crippen LogP contribution in [0.3, 0.4) is 0 Å². The fourth-order valence-corrected chi connectivity index (χ4v) is 2.98. The highest BCUT2D eigenvalue weighted by Crippen LogP contribution is 2.30. The van der Waals surface area contributed by atoms with Crippen LogP contribution in [-0.4, -0.2) is 32.8 Å². The molecule has 3 nitrogen and oxygen atoms in total. The summed E-state index contributed by atoms with van der Waals surface area (Å²) < 4.78 is 6.39. The molecule has 1 aliphatic heterocycles. The van der Waals surface area contributed by atoms with E-state index < -0.39 is 0 Å². The number of benzene rings is 1. The minimum absolute atomic E-state index is 0.614. The molecule has 4 heteroatoms. The molecule has 1 aliphatic rings. The minimum atomic E-state index is 0.614. The van der Waals surface area contributed by atoms with Gasteiger partial charge in [-0.15, -0.1) is 0 Å². The Balaban J connectivity index is 2.04. The quantitative estimate of drug-likeness (QED) is 0.897. The Morgan fingerprint density at radius 1 is 1.47 bits per heavy atom. The topological polar surface area (TPSA) is 24.5 Å². The molecule has 1 N–H and O–H groups in total. The molecule has 0 spiro atoms. The molecule has 2 rings (SSSR count). The lowest BCUT2D eigenvalue weighted by atomic mass is 10.0. The number of methoxy groups -OCH3 is 1. The van der Waals surface area contributed by atoms with Crippen LogP contribution < -0.4 is 15.0 Å². The maximum atomic E-state index is 5.38. The molecule has 0 aliphatic carbocycles. The number of hydrogen-bond donors (Lipinski definition) is 1. The second kappa shape index (κ2) is 7.15. The summed E-state index contributed by atoms with van der Waals surface area (Å²) in [4.78, 5) is 2.45. The standard InChI is InChI=1S/C15H23BrN2O/c1-3-8-17-12-5-4-9-18(11-12)13-6-7-14(16)15(10-13)19-2/h6-7,10,12,17H,3-5,8-9,11H2,1-2H3. The smallest absolute Gasteiger partial charge is 0.135 e. The molecule has 106 valence electrons. The van der Waals surface area contributed by atoms with Gasteiger partial charge >= 0.3 is 0 Å². The molecule has 1 aromatic carbocycles. The van der Waals surface area contributed by atoms with Gasteiger partial charge in [0.15, 0.2) is 0 Å². The maximum absolute atomic E-state index is 5.38. The van der Waals surface area contributed by atoms with Crippen molar-refractivity contribution in [1.29, 1.82) is 0 Å². The van der Waals surface area contributed by atoms with E-state index in [4.69, 9.17) is 4.74 Å². The van der Waals surface area contributed by atoms with Crippen LogP contribution in [0.15, 0.2) is 22.7 Å². The number of nitrogens with one attached hydrogen (secondary N) is 1. The molecule has 0 bridgehead atoms. The Labute approximate surface area is 124 Å². The van der Waals surface area contributed by atoms with Crippen LogP contribution in [0.2, 0.25) is 0 Å². The van der Waals surface area contributed by atoms with Gasteiger partial charge in [0.1, 0.15) is 5.75 Å². The molecule has 1 fully saturated rings. The summed E-state index contributed by atoms with van der Waals surface area (Å²) in [5.41, 5.74) is 1.25. The molecule has 1 saturated heterocycles. The molecule has 0 amide bonds. The van der Waals surface area contributed by atoms with Crippen molar-refractivity contribution in [2.45, 2.75) is 32.2 Å². The zero-order valence-corrected chi connectivity index (χ0v) is 13.4. The first kappa shape index (κ1) is 14.7. The largest absolute Gasteiger partial charge is 0.495 e. The van der Waals surface area contributed by atoms with E-state index in [9.17, 15) is 0 Å².